The number of hydrogen-bond donors (Lipinski definition) is 2. The molecule has 2 rings (SSSR count). The first-order chi connectivity index (χ1) is 11.8. The lowest BCUT2D eigenvalue weighted by Crippen LogP contribution is -2.20. The van der Waals surface area contributed by atoms with Gasteiger partial charge in [0.25, 0.3) is 5.91 Å². The van der Waals surface area contributed by atoms with Crippen molar-refractivity contribution in [3.05, 3.63) is 47.7 Å². The van der Waals surface area contributed by atoms with Gasteiger partial charge in [0.05, 0.1) is 6.04 Å². The predicted molar refractivity (Wildman–Crippen MR) is 85.5 cm³/mol. The summed E-state index contributed by atoms with van der Waals surface area (Å²) in [4.78, 5) is 11.4. The van der Waals surface area contributed by atoms with E-state index in [2.05, 4.69) is 25.6 Å². The van der Waals surface area contributed by atoms with E-state index in [-0.39, 0.29) is 23.4 Å². The van der Waals surface area contributed by atoms with Crippen LogP contribution < -0.4 is 15.4 Å². The second kappa shape index (κ2) is 7.82. The second-order valence-electron chi connectivity index (χ2n) is 5.22. The first-order valence-electron chi connectivity index (χ1n) is 7.40. The number of ether oxygens (including phenoxy) is 1. The Hall–Kier alpha value is -2.84. The minimum atomic E-state index is -4.37. The van der Waals surface area contributed by atoms with Crippen LogP contribution in [0.5, 0.6) is 5.75 Å². The van der Waals surface area contributed by atoms with E-state index in [1.54, 1.807) is 18.2 Å². The van der Waals surface area contributed by atoms with Gasteiger partial charge >= 0.3 is 6.18 Å². The van der Waals surface area contributed by atoms with Crippen LogP contribution in [0.4, 0.5) is 19.0 Å². The molecule has 1 heterocycles. The van der Waals surface area contributed by atoms with Gasteiger partial charge in [0.15, 0.2) is 12.3 Å². The minimum Gasteiger partial charge on any atom is -0.484 e. The van der Waals surface area contributed by atoms with E-state index in [0.717, 1.165) is 5.56 Å². The van der Waals surface area contributed by atoms with Gasteiger partial charge in [-0.3, -0.25) is 4.79 Å². The van der Waals surface area contributed by atoms with E-state index in [1.807, 2.05) is 6.92 Å². The molecule has 1 atom stereocenters. The highest BCUT2D eigenvalue weighted by Crippen LogP contribution is 2.22. The number of carbonyl (C=O) groups excluding carboxylic acids is 1. The van der Waals surface area contributed by atoms with E-state index in [0.29, 0.717) is 5.82 Å². The number of benzene rings is 1. The lowest BCUT2D eigenvalue weighted by molar-refractivity contribution is -0.153. The highest BCUT2D eigenvalue weighted by Gasteiger charge is 2.28. The van der Waals surface area contributed by atoms with Gasteiger partial charge in [0.2, 0.25) is 0 Å². The summed E-state index contributed by atoms with van der Waals surface area (Å²) in [5, 5.41) is 13.3. The summed E-state index contributed by atoms with van der Waals surface area (Å²) in [6.07, 6.45) is -4.37. The summed E-state index contributed by atoms with van der Waals surface area (Å²) in [6, 6.07) is 9.26. The molecule has 0 saturated carbocycles. The summed E-state index contributed by atoms with van der Waals surface area (Å²) < 4.78 is 41.0. The number of aromatic nitrogens is 2. The van der Waals surface area contributed by atoms with Gasteiger partial charge in [0, 0.05) is 7.05 Å². The summed E-state index contributed by atoms with van der Waals surface area (Å²) in [5.74, 6) is 0.280. The summed E-state index contributed by atoms with van der Waals surface area (Å²) in [6.45, 7) is 0.535. The third kappa shape index (κ3) is 5.63. The first-order valence-corrected chi connectivity index (χ1v) is 7.40. The van der Waals surface area contributed by atoms with Crippen LogP contribution in [-0.4, -0.2) is 35.9 Å². The zero-order valence-electron chi connectivity index (χ0n) is 13.6. The third-order valence-electron chi connectivity index (χ3n) is 3.27. The molecule has 0 fully saturated rings. The van der Waals surface area contributed by atoms with E-state index in [9.17, 15) is 18.0 Å². The Morgan fingerprint density at radius 1 is 1.16 bits per heavy atom. The van der Waals surface area contributed by atoms with Crippen molar-refractivity contribution in [2.24, 2.45) is 0 Å². The molecule has 1 amide bonds. The van der Waals surface area contributed by atoms with Gasteiger partial charge < -0.3 is 15.4 Å². The summed E-state index contributed by atoms with van der Waals surface area (Å²) in [5.41, 5.74) is 1.03. The van der Waals surface area contributed by atoms with Crippen molar-refractivity contribution in [2.45, 2.75) is 19.1 Å². The van der Waals surface area contributed by atoms with Crippen LogP contribution in [0.25, 0.3) is 0 Å². The average Bonchev–Trinajstić information content (AvgIpc) is 2.59. The Morgan fingerprint density at radius 3 is 2.36 bits per heavy atom. The van der Waals surface area contributed by atoms with Crippen LogP contribution in [0.2, 0.25) is 0 Å². The van der Waals surface area contributed by atoms with Crippen LogP contribution in [0.3, 0.4) is 0 Å². The van der Waals surface area contributed by atoms with Crippen LogP contribution in [0.1, 0.15) is 29.0 Å². The number of anilines is 1. The largest absolute Gasteiger partial charge is 0.484 e. The maximum Gasteiger partial charge on any atom is 0.422 e. The number of nitrogens with one attached hydrogen (secondary N) is 2. The molecular weight excluding hydrogens is 337 g/mol. The predicted octanol–water partition coefficient (Wildman–Crippen LogP) is 2.95. The number of halogens is 3. The average molecular weight is 354 g/mol. The summed E-state index contributed by atoms with van der Waals surface area (Å²) >= 11 is 0. The zero-order valence-corrected chi connectivity index (χ0v) is 13.6. The van der Waals surface area contributed by atoms with Crippen molar-refractivity contribution < 1.29 is 22.7 Å². The number of hydrogen-bond acceptors (Lipinski definition) is 5. The highest BCUT2D eigenvalue weighted by atomic mass is 19.4. The SMILES string of the molecule is CNC(=O)c1ccc(NC(C)c2ccc(OCC(F)(F)F)cc2)nn1. The van der Waals surface area contributed by atoms with Crippen LogP contribution >= 0.6 is 0 Å². The highest BCUT2D eigenvalue weighted by molar-refractivity contribution is 5.91. The number of rotatable bonds is 6. The Bertz CT molecular complexity index is 703. The van der Waals surface area contributed by atoms with Gasteiger partial charge in [-0.15, -0.1) is 10.2 Å². The lowest BCUT2D eigenvalue weighted by atomic mass is 10.1. The van der Waals surface area contributed by atoms with Gasteiger partial charge in [-0.2, -0.15) is 13.2 Å². The minimum absolute atomic E-state index is 0.142. The molecule has 6 nitrogen and oxygen atoms in total. The van der Waals surface area contributed by atoms with Gasteiger partial charge in [-0.05, 0) is 36.8 Å². The molecule has 0 aliphatic carbocycles. The molecule has 0 spiro atoms. The zero-order chi connectivity index (χ0) is 18.4. The third-order valence-corrected chi connectivity index (χ3v) is 3.27. The molecule has 1 aromatic heterocycles. The number of carbonyl (C=O) groups is 1. The maximum atomic E-state index is 12.1. The molecule has 25 heavy (non-hydrogen) atoms. The molecule has 134 valence electrons. The number of alkyl halides is 3. The van der Waals surface area contributed by atoms with E-state index < -0.39 is 12.8 Å². The van der Waals surface area contributed by atoms with E-state index in [1.165, 1.54) is 25.2 Å². The van der Waals surface area contributed by atoms with Gasteiger partial charge in [0.1, 0.15) is 11.6 Å². The topological polar surface area (TPSA) is 76.1 Å². The molecule has 9 heteroatoms. The molecular formula is C16H17F3N4O2. The smallest absolute Gasteiger partial charge is 0.422 e. The fourth-order valence-corrected chi connectivity index (χ4v) is 1.98. The molecule has 0 radical (unpaired) electrons. The van der Waals surface area contributed by atoms with Crippen LogP contribution in [0.15, 0.2) is 36.4 Å². The maximum absolute atomic E-state index is 12.1. The van der Waals surface area contributed by atoms with Crippen molar-refractivity contribution in [3.8, 4) is 5.75 Å². The quantitative estimate of drug-likeness (QED) is 0.834. The van der Waals surface area contributed by atoms with E-state index >= 15 is 0 Å². The molecule has 1 aromatic carbocycles. The fourth-order valence-electron chi connectivity index (χ4n) is 1.98. The lowest BCUT2D eigenvalue weighted by Gasteiger charge is -2.15. The fraction of sp³-hybridized carbons (Fsp3) is 0.312. The van der Waals surface area contributed by atoms with Crippen LogP contribution in [-0.2, 0) is 0 Å². The molecule has 0 aliphatic heterocycles. The van der Waals surface area contributed by atoms with Crippen molar-refractivity contribution in [1.82, 2.24) is 15.5 Å². The molecule has 0 aliphatic rings. The molecule has 1 unspecified atom stereocenters. The standard InChI is InChI=1S/C16H17F3N4O2/c1-10(21-14-8-7-13(22-23-14)15(24)20-2)11-3-5-12(6-4-11)25-9-16(17,18)19/h3-8,10H,9H2,1-2H3,(H,20,24)(H,21,23). The van der Waals surface area contributed by atoms with E-state index in [4.69, 9.17) is 0 Å². The Morgan fingerprint density at radius 2 is 1.84 bits per heavy atom. The van der Waals surface area contributed by atoms with Crippen molar-refractivity contribution >= 4 is 11.7 Å². The van der Waals surface area contributed by atoms with Gasteiger partial charge in [-0.1, -0.05) is 12.1 Å². The monoisotopic (exact) mass is 354 g/mol. The van der Waals surface area contributed by atoms with Crippen LogP contribution in [0, 0.1) is 0 Å². The number of amides is 1. The Kier molecular flexibility index (Phi) is 5.79. The second-order valence-corrected chi connectivity index (χ2v) is 5.22. The molecule has 2 N–H and O–H groups in total. The molecule has 0 bridgehead atoms. The van der Waals surface area contributed by atoms with Crippen molar-refractivity contribution in [1.29, 1.82) is 0 Å². The Balaban J connectivity index is 1.96. The normalized spacial score (nSPS) is 12.4. The summed E-state index contributed by atoms with van der Waals surface area (Å²) in [7, 11) is 1.50. The molecule has 0 saturated heterocycles. The van der Waals surface area contributed by atoms with Gasteiger partial charge in [-0.25, -0.2) is 0 Å². The molecule has 2 aromatic rings. The first kappa shape index (κ1) is 18.5. The van der Waals surface area contributed by atoms with Crippen molar-refractivity contribution in [3.63, 3.8) is 0 Å². The van der Waals surface area contributed by atoms with Crippen molar-refractivity contribution in [2.75, 3.05) is 19.0 Å². The Labute approximate surface area is 142 Å². The number of nitrogens with zero attached hydrogens (tertiary/aromatic N) is 2.